The first-order valence-electron chi connectivity index (χ1n) is 11.8. The van der Waals surface area contributed by atoms with Gasteiger partial charge in [-0.25, -0.2) is 9.97 Å². The molecule has 2 N–H and O–H groups in total. The number of para-hydroxylation sites is 1. The maximum Gasteiger partial charge on any atom is 0.573 e. The molecule has 2 heterocycles. The average Bonchev–Trinajstić information content (AvgIpc) is 2.84. The lowest BCUT2D eigenvalue weighted by atomic mass is 9.42. The van der Waals surface area contributed by atoms with Crippen molar-refractivity contribution in [2.24, 2.45) is 0 Å². The van der Waals surface area contributed by atoms with Crippen LogP contribution in [0.4, 0.5) is 18.9 Å². The first kappa shape index (κ1) is 29.3. The lowest BCUT2D eigenvalue weighted by molar-refractivity contribution is -0.274. The van der Waals surface area contributed by atoms with Gasteiger partial charge in [-0.2, -0.15) is 0 Å². The van der Waals surface area contributed by atoms with Gasteiger partial charge in [0.1, 0.15) is 11.4 Å². The summed E-state index contributed by atoms with van der Waals surface area (Å²) in [6, 6.07) is 9.79. The van der Waals surface area contributed by atoms with E-state index >= 15 is 0 Å². The van der Waals surface area contributed by atoms with E-state index in [-0.39, 0.29) is 39.1 Å². The number of fused-ring (bicyclic) bond motifs is 1. The first-order chi connectivity index (χ1) is 18.6. The fraction of sp³-hybridized carbons (Fsp3) is 0.167. The zero-order chi connectivity index (χ0) is 29.6. The Hall–Kier alpha value is -3.64. The summed E-state index contributed by atoms with van der Waals surface area (Å²) < 4.78 is 44.7. The number of hydrogen-bond donors (Lipinski definition) is 2. The van der Waals surface area contributed by atoms with Gasteiger partial charge in [0, 0.05) is 5.56 Å². The minimum atomic E-state index is -4.93. The number of alkyl halides is 3. The van der Waals surface area contributed by atoms with Crippen molar-refractivity contribution in [2.75, 3.05) is 5.32 Å². The van der Waals surface area contributed by atoms with E-state index in [1.54, 1.807) is 13.0 Å². The molecule has 8 nitrogen and oxygen atoms in total. The Kier molecular flexibility index (Phi) is 7.88. The van der Waals surface area contributed by atoms with E-state index in [1.807, 2.05) is 23.5 Å². The predicted octanol–water partition coefficient (Wildman–Crippen LogP) is 2.32. The van der Waals surface area contributed by atoms with Crippen molar-refractivity contribution in [2.45, 2.75) is 24.9 Å². The standard InChI is InChI=1S/C24H20B3Cl2F3N4O4/c1-10-6-7-13(34-20(38)14-8-12(28)18(37)19(29)33-14)16-17(10)35-22(23(25,26)27)36(21(16)39)9-11-4-2-3-5-15(11)40-24(30,31)32/h2-8,37H,9,25-27H2,1H3,(H,34,38). The van der Waals surface area contributed by atoms with Gasteiger partial charge in [-0.05, 0) is 30.7 Å². The summed E-state index contributed by atoms with van der Waals surface area (Å²) >= 11 is 11.8. The number of aryl methyl sites for hydroxylation is 1. The van der Waals surface area contributed by atoms with Gasteiger partial charge in [-0.1, -0.05) is 52.6 Å². The molecule has 2 aromatic heterocycles. The van der Waals surface area contributed by atoms with Crippen molar-refractivity contribution in [3.05, 3.63) is 85.6 Å². The van der Waals surface area contributed by atoms with Crippen LogP contribution in [0.1, 0.15) is 27.4 Å². The SMILES string of the molecule is BC(B)(B)c1nc2c(C)ccc(NC(=O)c3cc(Cl)c(O)c(Cl)n3)c2c(=O)n1Cc1ccccc1OC(F)(F)F. The summed E-state index contributed by atoms with van der Waals surface area (Å²) in [6.45, 7) is 1.46. The van der Waals surface area contributed by atoms with E-state index < -0.39 is 34.4 Å². The molecule has 0 aliphatic heterocycles. The van der Waals surface area contributed by atoms with Gasteiger partial charge in [0.05, 0.1) is 57.5 Å². The molecule has 16 heteroatoms. The molecule has 4 rings (SSSR count). The number of rotatable bonds is 6. The second-order valence-corrected chi connectivity index (χ2v) is 10.7. The number of nitrogens with one attached hydrogen (secondary N) is 1. The van der Waals surface area contributed by atoms with Crippen LogP contribution in [-0.4, -0.2) is 55.4 Å². The van der Waals surface area contributed by atoms with Crippen molar-refractivity contribution in [3.63, 3.8) is 0 Å². The van der Waals surface area contributed by atoms with E-state index in [9.17, 15) is 27.9 Å². The summed E-state index contributed by atoms with van der Waals surface area (Å²) in [7, 11) is 5.46. The molecule has 0 saturated carbocycles. The number of hydrogen-bond acceptors (Lipinski definition) is 6. The Balaban J connectivity index is 1.90. The molecule has 204 valence electrons. The minimum Gasteiger partial charge on any atom is -0.504 e. The Labute approximate surface area is 238 Å². The van der Waals surface area contributed by atoms with E-state index in [0.717, 1.165) is 12.1 Å². The topological polar surface area (TPSA) is 106 Å². The van der Waals surface area contributed by atoms with Crippen molar-refractivity contribution in [3.8, 4) is 11.5 Å². The number of aromatic nitrogens is 3. The third-order valence-electron chi connectivity index (χ3n) is 5.89. The largest absolute Gasteiger partial charge is 0.573 e. The van der Waals surface area contributed by atoms with Crippen LogP contribution >= 0.6 is 23.2 Å². The van der Waals surface area contributed by atoms with Crippen LogP contribution in [0.15, 0.2) is 47.3 Å². The Morgan fingerprint density at radius 2 is 1.80 bits per heavy atom. The van der Waals surface area contributed by atoms with E-state index in [0.29, 0.717) is 16.9 Å². The average molecular weight is 589 g/mol. The van der Waals surface area contributed by atoms with Crippen LogP contribution < -0.4 is 15.6 Å². The van der Waals surface area contributed by atoms with E-state index in [2.05, 4.69) is 15.0 Å². The molecule has 0 fully saturated rings. The second-order valence-electron chi connectivity index (χ2n) is 9.97. The quantitative estimate of drug-likeness (QED) is 0.265. The Morgan fingerprint density at radius 1 is 1.12 bits per heavy atom. The van der Waals surface area contributed by atoms with Gasteiger partial charge in [0.2, 0.25) is 0 Å². The number of ether oxygens (including phenoxy) is 1. The third-order valence-corrected chi connectivity index (χ3v) is 6.45. The molecule has 0 bridgehead atoms. The van der Waals surface area contributed by atoms with Crippen LogP contribution in [0.5, 0.6) is 11.5 Å². The highest BCUT2D eigenvalue weighted by Gasteiger charge is 2.32. The van der Waals surface area contributed by atoms with Gasteiger partial charge in [-0.15, -0.1) is 13.2 Å². The number of halogens is 5. The Morgan fingerprint density at radius 3 is 2.42 bits per heavy atom. The summed E-state index contributed by atoms with van der Waals surface area (Å²) in [5, 5.41) is 11.1. The van der Waals surface area contributed by atoms with Gasteiger partial charge in [-0.3, -0.25) is 14.2 Å². The van der Waals surface area contributed by atoms with Crippen molar-refractivity contribution < 1.29 is 27.8 Å². The van der Waals surface area contributed by atoms with Crippen LogP contribution in [0, 0.1) is 6.92 Å². The number of nitrogens with zero attached hydrogens (tertiary/aromatic N) is 3. The molecule has 0 radical (unpaired) electrons. The molecular weight excluding hydrogens is 569 g/mol. The van der Waals surface area contributed by atoms with Gasteiger partial charge in [0.15, 0.2) is 10.9 Å². The summed E-state index contributed by atoms with van der Waals surface area (Å²) in [5.74, 6) is -1.40. The smallest absolute Gasteiger partial charge is 0.504 e. The lowest BCUT2D eigenvalue weighted by Crippen LogP contribution is -2.38. The molecule has 2 aromatic carbocycles. The summed E-state index contributed by atoms with van der Waals surface area (Å²) in [6.07, 6.45) is -4.93. The van der Waals surface area contributed by atoms with Crippen LogP contribution in [0.25, 0.3) is 10.9 Å². The molecule has 0 unspecified atom stereocenters. The molecule has 0 saturated heterocycles. The van der Waals surface area contributed by atoms with Crippen molar-refractivity contribution >= 4 is 69.2 Å². The summed E-state index contributed by atoms with van der Waals surface area (Å²) in [4.78, 5) is 35.7. The number of carbonyl (C=O) groups excluding carboxylic acids is 1. The highest BCUT2D eigenvalue weighted by atomic mass is 35.5. The molecular formula is C24H20B3Cl2F3N4O4. The molecule has 1 amide bonds. The maximum absolute atomic E-state index is 14.1. The van der Waals surface area contributed by atoms with Crippen molar-refractivity contribution in [1.82, 2.24) is 14.5 Å². The van der Waals surface area contributed by atoms with Crippen LogP contribution in [0.2, 0.25) is 10.2 Å². The molecule has 4 aromatic rings. The third kappa shape index (κ3) is 6.07. The lowest BCUT2D eigenvalue weighted by Gasteiger charge is -2.25. The number of pyridine rings is 1. The highest BCUT2D eigenvalue weighted by Crippen LogP contribution is 2.32. The molecule has 40 heavy (non-hydrogen) atoms. The van der Waals surface area contributed by atoms with Crippen LogP contribution in [-0.2, 0) is 11.7 Å². The number of anilines is 1. The van der Waals surface area contributed by atoms with E-state index in [1.165, 1.54) is 28.8 Å². The molecule has 0 spiro atoms. The molecule has 0 aliphatic carbocycles. The normalized spacial score (nSPS) is 11.9. The maximum atomic E-state index is 14.1. The fourth-order valence-electron chi connectivity index (χ4n) is 4.09. The highest BCUT2D eigenvalue weighted by molar-refractivity contribution is 6.58. The van der Waals surface area contributed by atoms with Crippen LogP contribution in [0.3, 0.4) is 0 Å². The Bertz CT molecular complexity index is 1690. The molecule has 0 atom stereocenters. The number of carbonyl (C=O) groups is 1. The van der Waals surface area contributed by atoms with Crippen molar-refractivity contribution in [1.29, 1.82) is 0 Å². The van der Waals surface area contributed by atoms with Gasteiger partial charge < -0.3 is 15.2 Å². The number of amides is 1. The van der Waals surface area contributed by atoms with E-state index in [4.69, 9.17) is 28.2 Å². The zero-order valence-electron chi connectivity index (χ0n) is 21.7. The van der Waals surface area contributed by atoms with Gasteiger partial charge >= 0.3 is 6.36 Å². The zero-order valence-corrected chi connectivity index (χ0v) is 23.2. The summed E-state index contributed by atoms with van der Waals surface area (Å²) in [5.41, 5.74) is 0.310. The van der Waals surface area contributed by atoms with Gasteiger partial charge in [0.25, 0.3) is 11.5 Å². The molecule has 0 aliphatic rings. The first-order valence-corrected chi connectivity index (χ1v) is 12.6. The minimum absolute atomic E-state index is 0.0338. The number of benzene rings is 2. The fourth-order valence-corrected chi connectivity index (χ4v) is 4.52. The second kappa shape index (κ2) is 10.7. The predicted molar refractivity (Wildman–Crippen MR) is 154 cm³/mol. The number of aromatic hydroxyl groups is 1. The monoisotopic (exact) mass is 588 g/mol.